The number of unbranched alkanes of at least 4 members (excludes halogenated alkanes) is 4. The standard InChI is InChI=1S/C23H31ClN2O6P/c1-4-5-6-7-8-17-30-23(27)18(2)25-33(29,31-21-13-9-19(24)10-14-21)32-22-15-11-20(12-16-22)26(3)28/h9-16,18,28H,3-8,17H2,1-2H3,(H,25,29)/q+1/t18-,33-/m0/s1. The van der Waals surface area contributed by atoms with E-state index in [1.807, 2.05) is 0 Å². The Hall–Kier alpha value is -2.54. The Labute approximate surface area is 199 Å². The second-order valence-electron chi connectivity index (χ2n) is 7.46. The molecule has 0 spiro atoms. The molecular weight excluding hydrogens is 467 g/mol. The molecule has 0 aromatic heterocycles. The van der Waals surface area contributed by atoms with E-state index in [4.69, 9.17) is 25.4 Å². The van der Waals surface area contributed by atoms with Crippen molar-refractivity contribution in [1.82, 2.24) is 5.09 Å². The van der Waals surface area contributed by atoms with E-state index in [9.17, 15) is 14.6 Å². The second-order valence-corrected chi connectivity index (χ2v) is 9.51. The fraction of sp³-hybridized carbons (Fsp3) is 0.391. The van der Waals surface area contributed by atoms with Crippen LogP contribution in [0.25, 0.3) is 0 Å². The predicted molar refractivity (Wildman–Crippen MR) is 128 cm³/mol. The average Bonchev–Trinajstić information content (AvgIpc) is 2.77. The lowest BCUT2D eigenvalue weighted by Crippen LogP contribution is -2.36. The number of ether oxygens (including phenoxy) is 1. The molecule has 2 N–H and O–H groups in total. The molecule has 0 amide bonds. The predicted octanol–water partition coefficient (Wildman–Crippen LogP) is 6.13. The zero-order chi connectivity index (χ0) is 24.3. The smallest absolute Gasteiger partial charge is 0.465 e. The Morgan fingerprint density at radius 2 is 1.61 bits per heavy atom. The lowest BCUT2D eigenvalue weighted by Gasteiger charge is -2.23. The number of rotatable bonds is 14. The van der Waals surface area contributed by atoms with Crippen LogP contribution in [-0.2, 0) is 14.1 Å². The van der Waals surface area contributed by atoms with Gasteiger partial charge in [-0.3, -0.25) is 10.0 Å². The number of benzene rings is 2. The highest BCUT2D eigenvalue weighted by molar-refractivity contribution is 7.52. The number of halogens is 1. The van der Waals surface area contributed by atoms with E-state index >= 15 is 0 Å². The Kier molecular flexibility index (Phi) is 10.7. The van der Waals surface area contributed by atoms with Gasteiger partial charge in [0.15, 0.2) is 6.72 Å². The van der Waals surface area contributed by atoms with Gasteiger partial charge in [0, 0.05) is 21.9 Å². The molecule has 180 valence electrons. The van der Waals surface area contributed by atoms with E-state index in [-0.39, 0.29) is 11.5 Å². The van der Waals surface area contributed by atoms with E-state index in [2.05, 4.69) is 18.7 Å². The van der Waals surface area contributed by atoms with E-state index in [1.54, 1.807) is 12.1 Å². The molecule has 0 heterocycles. The molecule has 0 bridgehead atoms. The Morgan fingerprint density at radius 3 is 2.15 bits per heavy atom. The average molecular weight is 498 g/mol. The van der Waals surface area contributed by atoms with Crippen LogP contribution in [0.15, 0.2) is 48.5 Å². The fourth-order valence-electron chi connectivity index (χ4n) is 2.82. The summed E-state index contributed by atoms with van der Waals surface area (Å²) in [7, 11) is -4.07. The lowest BCUT2D eigenvalue weighted by atomic mass is 10.2. The van der Waals surface area contributed by atoms with Gasteiger partial charge < -0.3 is 13.8 Å². The first-order valence-electron chi connectivity index (χ1n) is 10.8. The first kappa shape index (κ1) is 26.7. The minimum Gasteiger partial charge on any atom is -0.465 e. The van der Waals surface area contributed by atoms with Gasteiger partial charge in [0.2, 0.25) is 0 Å². The monoisotopic (exact) mass is 497 g/mol. The summed E-state index contributed by atoms with van der Waals surface area (Å²) < 4.78 is 30.8. The molecule has 10 heteroatoms. The molecule has 2 aromatic rings. The molecule has 8 nitrogen and oxygen atoms in total. The van der Waals surface area contributed by atoms with Crippen molar-refractivity contribution in [3.05, 3.63) is 53.6 Å². The molecular formula is C23H31ClN2O6P+. The van der Waals surface area contributed by atoms with Crippen molar-refractivity contribution < 1.29 is 33.1 Å². The van der Waals surface area contributed by atoms with Crippen molar-refractivity contribution in [1.29, 1.82) is 0 Å². The summed E-state index contributed by atoms with van der Waals surface area (Å²) >= 11 is 5.91. The van der Waals surface area contributed by atoms with Gasteiger partial charge in [-0.25, -0.2) is 4.57 Å². The number of carbonyl (C=O) groups is 1. The highest BCUT2D eigenvalue weighted by atomic mass is 35.5. The molecule has 2 atom stereocenters. The summed E-state index contributed by atoms with van der Waals surface area (Å²) in [6.45, 7) is 7.33. The minimum atomic E-state index is -4.07. The maximum atomic E-state index is 13.6. The molecule has 2 rings (SSSR count). The van der Waals surface area contributed by atoms with Gasteiger partial charge in [-0.15, -0.1) is 0 Å². The number of esters is 1. The molecule has 0 aliphatic heterocycles. The van der Waals surface area contributed by atoms with Crippen molar-refractivity contribution >= 4 is 37.7 Å². The molecule has 2 aromatic carbocycles. The van der Waals surface area contributed by atoms with Crippen LogP contribution in [0.1, 0.15) is 46.0 Å². The van der Waals surface area contributed by atoms with Crippen molar-refractivity contribution in [2.24, 2.45) is 0 Å². The van der Waals surface area contributed by atoms with Crippen molar-refractivity contribution in [2.75, 3.05) is 6.61 Å². The summed E-state index contributed by atoms with van der Waals surface area (Å²) in [5.41, 5.74) is 0.402. The van der Waals surface area contributed by atoms with Crippen molar-refractivity contribution in [3.63, 3.8) is 0 Å². The first-order chi connectivity index (χ1) is 15.7. The Bertz CT molecular complexity index is 952. The zero-order valence-electron chi connectivity index (χ0n) is 18.9. The van der Waals surface area contributed by atoms with Gasteiger partial charge in [0.05, 0.1) is 6.61 Å². The largest absolute Gasteiger partial charge is 0.513 e. The maximum Gasteiger partial charge on any atom is 0.513 e. The van der Waals surface area contributed by atoms with Crippen LogP contribution >= 0.6 is 19.3 Å². The number of carbonyl (C=O) groups excluding carboxylic acids is 1. The lowest BCUT2D eigenvalue weighted by molar-refractivity contribution is -0.706. The van der Waals surface area contributed by atoms with Gasteiger partial charge in [-0.1, -0.05) is 44.2 Å². The topological polar surface area (TPSA) is 97.1 Å². The third kappa shape index (κ3) is 9.46. The summed E-state index contributed by atoms with van der Waals surface area (Å²) in [6, 6.07) is 11.3. The molecule has 0 saturated carbocycles. The van der Waals surface area contributed by atoms with Crippen LogP contribution in [0.4, 0.5) is 5.69 Å². The molecule has 0 aliphatic carbocycles. The Balaban J connectivity index is 2.07. The van der Waals surface area contributed by atoms with Gasteiger partial charge in [0.25, 0.3) is 5.69 Å². The zero-order valence-corrected chi connectivity index (χ0v) is 20.6. The number of hydrogen-bond donors (Lipinski definition) is 2. The molecule has 0 radical (unpaired) electrons. The van der Waals surface area contributed by atoms with Crippen LogP contribution in [-0.4, -0.2) is 35.3 Å². The molecule has 0 fully saturated rings. The van der Waals surface area contributed by atoms with Crippen LogP contribution in [0.5, 0.6) is 11.5 Å². The third-order valence-electron chi connectivity index (χ3n) is 4.60. The molecule has 33 heavy (non-hydrogen) atoms. The van der Waals surface area contributed by atoms with Crippen LogP contribution in [0.2, 0.25) is 5.02 Å². The summed E-state index contributed by atoms with van der Waals surface area (Å²) in [6.07, 6.45) is 5.15. The normalized spacial score (nSPS) is 13.5. The fourth-order valence-corrected chi connectivity index (χ4v) is 4.46. The van der Waals surface area contributed by atoms with Crippen LogP contribution in [0.3, 0.4) is 0 Å². The van der Waals surface area contributed by atoms with Gasteiger partial charge in [-0.2, -0.15) is 5.09 Å². The van der Waals surface area contributed by atoms with E-state index < -0.39 is 19.8 Å². The van der Waals surface area contributed by atoms with Crippen LogP contribution in [0, 0.1) is 0 Å². The number of hydrogen-bond acceptors (Lipinski definition) is 6. The summed E-state index contributed by atoms with van der Waals surface area (Å²) in [5, 5.41) is 12.5. The minimum absolute atomic E-state index is 0.196. The second kappa shape index (κ2) is 13.2. The maximum absolute atomic E-state index is 13.6. The van der Waals surface area contributed by atoms with Gasteiger partial charge in [-0.05, 0) is 49.7 Å². The van der Waals surface area contributed by atoms with Gasteiger partial charge >= 0.3 is 13.7 Å². The van der Waals surface area contributed by atoms with Crippen molar-refractivity contribution in [2.45, 2.75) is 52.0 Å². The summed E-state index contributed by atoms with van der Waals surface area (Å²) in [4.78, 5) is 12.4. The summed E-state index contributed by atoms with van der Waals surface area (Å²) in [5.74, 6) is -0.123. The van der Waals surface area contributed by atoms with Crippen molar-refractivity contribution in [3.8, 4) is 11.5 Å². The van der Waals surface area contributed by atoms with Crippen LogP contribution < -0.4 is 14.1 Å². The van der Waals surface area contributed by atoms with E-state index in [1.165, 1.54) is 43.3 Å². The quantitative estimate of drug-likeness (QED) is 0.0616. The highest BCUT2D eigenvalue weighted by Gasteiger charge is 2.34. The first-order valence-corrected chi connectivity index (χ1v) is 12.7. The molecule has 0 aliphatic rings. The molecule has 0 saturated heterocycles. The highest BCUT2D eigenvalue weighted by Crippen LogP contribution is 2.45. The molecule has 0 unspecified atom stereocenters. The Morgan fingerprint density at radius 1 is 1.06 bits per heavy atom. The van der Waals surface area contributed by atoms with E-state index in [0.717, 1.165) is 32.1 Å². The number of nitrogens with zero attached hydrogens (tertiary/aromatic N) is 1. The van der Waals surface area contributed by atoms with Gasteiger partial charge in [0.1, 0.15) is 17.5 Å². The third-order valence-corrected chi connectivity index (χ3v) is 6.45. The van der Waals surface area contributed by atoms with E-state index in [0.29, 0.717) is 22.1 Å². The SMILES string of the molecule is C=[N+](O)c1ccc(O[P@](=O)(N[C@@H](C)C(=O)OCCCCCCC)Oc2ccc(Cl)cc2)cc1. The number of nitrogens with one attached hydrogen (secondary N) is 1.